The summed E-state index contributed by atoms with van der Waals surface area (Å²) in [4.78, 5) is 7.22. The molecule has 1 aliphatic heterocycles. The van der Waals surface area contributed by atoms with Crippen LogP contribution in [-0.4, -0.2) is 25.5 Å². The van der Waals surface area contributed by atoms with E-state index in [4.69, 9.17) is 23.2 Å². The fraction of sp³-hybridized carbons (Fsp3) is 0.286. The standard InChI is InChI=1S/C14H11Cl2F3N2O2S/c15-10-5-20-6-11(16)9(10)7-24(23)13-3-1-2-8(22)4-12(21-13)14(17,18)19/h2,4-6,22H,1,3,7H2/b8-2+,12-4-,21-13?. The molecule has 0 spiro atoms. The van der Waals surface area contributed by atoms with Gasteiger partial charge in [-0.1, -0.05) is 23.2 Å². The number of hydrogen-bond donors (Lipinski definition) is 1. The fourth-order valence-electron chi connectivity index (χ4n) is 1.87. The van der Waals surface area contributed by atoms with Crippen molar-refractivity contribution in [2.24, 2.45) is 4.99 Å². The van der Waals surface area contributed by atoms with Crippen molar-refractivity contribution in [3.8, 4) is 0 Å². The van der Waals surface area contributed by atoms with Crippen LogP contribution in [0.4, 0.5) is 13.2 Å². The lowest BCUT2D eigenvalue weighted by Gasteiger charge is -2.13. The second-order valence-electron chi connectivity index (χ2n) is 4.77. The van der Waals surface area contributed by atoms with E-state index in [1.807, 2.05) is 0 Å². The lowest BCUT2D eigenvalue weighted by Crippen LogP contribution is -2.17. The summed E-state index contributed by atoms with van der Waals surface area (Å²) in [6.45, 7) is 0. The van der Waals surface area contributed by atoms with Gasteiger partial charge in [0.1, 0.15) is 16.5 Å². The van der Waals surface area contributed by atoms with Gasteiger partial charge in [0.2, 0.25) is 0 Å². The van der Waals surface area contributed by atoms with Crippen molar-refractivity contribution in [2.45, 2.75) is 24.8 Å². The second-order valence-corrected chi connectivity index (χ2v) is 7.04. The normalized spacial score (nSPS) is 21.6. The lowest BCUT2D eigenvalue weighted by atomic mass is 10.2. The molecule has 2 rings (SSSR count). The molecule has 0 bridgehead atoms. The number of aliphatic imine (C=N–C) groups is 1. The van der Waals surface area contributed by atoms with E-state index in [1.54, 1.807) is 0 Å². The molecule has 1 aliphatic rings. The van der Waals surface area contributed by atoms with Gasteiger partial charge < -0.3 is 5.11 Å². The van der Waals surface area contributed by atoms with Gasteiger partial charge >= 0.3 is 6.18 Å². The number of aliphatic hydroxyl groups is 1. The van der Waals surface area contributed by atoms with Gasteiger partial charge in [0.15, 0.2) is 0 Å². The molecule has 1 unspecified atom stereocenters. The average molecular weight is 399 g/mol. The molecule has 1 N–H and O–H groups in total. The minimum absolute atomic E-state index is 0.00438. The van der Waals surface area contributed by atoms with Gasteiger partial charge in [0.05, 0.1) is 26.6 Å². The van der Waals surface area contributed by atoms with E-state index in [0.717, 1.165) is 0 Å². The van der Waals surface area contributed by atoms with Gasteiger partial charge in [0, 0.05) is 30.5 Å². The van der Waals surface area contributed by atoms with E-state index in [-0.39, 0.29) is 33.7 Å². The highest BCUT2D eigenvalue weighted by atomic mass is 35.5. The van der Waals surface area contributed by atoms with Crippen LogP contribution in [0.25, 0.3) is 0 Å². The molecular weight excluding hydrogens is 388 g/mol. The highest BCUT2D eigenvalue weighted by Gasteiger charge is 2.35. The van der Waals surface area contributed by atoms with E-state index in [1.165, 1.54) is 18.5 Å². The molecule has 24 heavy (non-hydrogen) atoms. The third-order valence-electron chi connectivity index (χ3n) is 3.02. The minimum Gasteiger partial charge on any atom is -0.508 e. The van der Waals surface area contributed by atoms with E-state index >= 15 is 0 Å². The summed E-state index contributed by atoms with van der Waals surface area (Å²) in [7, 11) is -1.86. The van der Waals surface area contributed by atoms with Gasteiger partial charge in [-0.3, -0.25) is 9.19 Å². The highest BCUT2D eigenvalue weighted by molar-refractivity contribution is 7.99. The first kappa shape index (κ1) is 19.0. The molecule has 0 saturated heterocycles. The van der Waals surface area contributed by atoms with Crippen molar-refractivity contribution in [2.75, 3.05) is 0 Å². The Bertz CT molecular complexity index is 741. The molecule has 0 fully saturated rings. The first-order valence-corrected chi connectivity index (χ1v) is 8.68. The van der Waals surface area contributed by atoms with Gasteiger partial charge in [-0.15, -0.1) is 0 Å². The van der Waals surface area contributed by atoms with Crippen molar-refractivity contribution in [3.05, 3.63) is 51.6 Å². The van der Waals surface area contributed by atoms with E-state index in [0.29, 0.717) is 11.6 Å². The number of hydrogen-bond acceptors (Lipinski definition) is 4. The third-order valence-corrected chi connectivity index (χ3v) is 5.05. The molecule has 0 aliphatic carbocycles. The van der Waals surface area contributed by atoms with Gasteiger partial charge in [-0.2, -0.15) is 13.2 Å². The fourth-order valence-corrected chi connectivity index (χ4v) is 3.81. The number of aliphatic hydroxyl groups excluding tert-OH is 1. The van der Waals surface area contributed by atoms with Gasteiger partial charge in [0.25, 0.3) is 0 Å². The Morgan fingerprint density at radius 1 is 1.25 bits per heavy atom. The van der Waals surface area contributed by atoms with Crippen LogP contribution in [0.5, 0.6) is 0 Å². The number of halogens is 5. The number of nitrogens with zero attached hydrogens (tertiary/aromatic N) is 2. The Hall–Kier alpha value is -1.38. The largest absolute Gasteiger partial charge is 0.508 e. The number of pyridine rings is 1. The van der Waals surface area contributed by atoms with Crippen LogP contribution in [0.2, 0.25) is 10.0 Å². The van der Waals surface area contributed by atoms with Crippen molar-refractivity contribution in [1.82, 2.24) is 4.98 Å². The van der Waals surface area contributed by atoms with Gasteiger partial charge in [-0.25, -0.2) is 4.99 Å². The molecule has 0 radical (unpaired) electrons. The highest BCUT2D eigenvalue weighted by Crippen LogP contribution is 2.30. The maximum absolute atomic E-state index is 13.0. The van der Waals surface area contributed by atoms with E-state index < -0.39 is 28.4 Å². The summed E-state index contributed by atoms with van der Waals surface area (Å²) in [5.74, 6) is -0.712. The first-order valence-electron chi connectivity index (χ1n) is 6.60. The van der Waals surface area contributed by atoms with Crippen LogP contribution in [-0.2, 0) is 16.6 Å². The van der Waals surface area contributed by atoms with Crippen LogP contribution in [0.1, 0.15) is 18.4 Å². The van der Waals surface area contributed by atoms with Crippen LogP contribution in [0.15, 0.2) is 41.0 Å². The Morgan fingerprint density at radius 3 is 2.46 bits per heavy atom. The zero-order valence-electron chi connectivity index (χ0n) is 12.0. The summed E-state index contributed by atoms with van der Waals surface area (Å²) >= 11 is 11.9. The summed E-state index contributed by atoms with van der Waals surface area (Å²) in [6.07, 6.45) is -0.239. The first-order chi connectivity index (χ1) is 11.2. The molecule has 1 aromatic heterocycles. The van der Waals surface area contributed by atoms with E-state index in [2.05, 4.69) is 9.98 Å². The Morgan fingerprint density at radius 2 is 1.88 bits per heavy atom. The van der Waals surface area contributed by atoms with Crippen LogP contribution in [0, 0.1) is 0 Å². The zero-order chi connectivity index (χ0) is 17.9. The van der Waals surface area contributed by atoms with Crippen molar-refractivity contribution < 1.29 is 22.5 Å². The Balaban J connectivity index is 2.34. The quantitative estimate of drug-likeness (QED) is 0.783. The van der Waals surface area contributed by atoms with Crippen molar-refractivity contribution in [1.29, 1.82) is 0 Å². The number of allylic oxidation sites excluding steroid dienone is 3. The average Bonchev–Trinajstić information content (AvgIpc) is 2.45. The topological polar surface area (TPSA) is 62.5 Å². The molecule has 1 atom stereocenters. The summed E-state index contributed by atoms with van der Waals surface area (Å²) in [6, 6.07) is 0. The maximum atomic E-state index is 13.0. The predicted octanol–water partition coefficient (Wildman–Crippen LogP) is 4.72. The monoisotopic (exact) mass is 398 g/mol. The van der Waals surface area contributed by atoms with E-state index in [9.17, 15) is 22.5 Å². The molecule has 130 valence electrons. The summed E-state index contributed by atoms with van der Waals surface area (Å²) in [5, 5.41) is 9.58. The molecule has 10 heteroatoms. The number of aromatic nitrogens is 1. The summed E-state index contributed by atoms with van der Waals surface area (Å²) in [5.41, 5.74) is -0.987. The zero-order valence-corrected chi connectivity index (χ0v) is 14.3. The van der Waals surface area contributed by atoms with Crippen molar-refractivity contribution in [3.63, 3.8) is 0 Å². The minimum atomic E-state index is -4.78. The lowest BCUT2D eigenvalue weighted by molar-refractivity contribution is -0.0925. The van der Waals surface area contributed by atoms with Crippen LogP contribution < -0.4 is 0 Å². The van der Waals surface area contributed by atoms with Crippen molar-refractivity contribution >= 4 is 39.0 Å². The number of rotatable bonds is 2. The molecular formula is C14H11Cl2F3N2O2S. The SMILES string of the molecule is O=S(Cc1c(Cl)cncc1Cl)C1=N/C(C(F)(F)F)=C\C(O)=C/CC1. The Labute approximate surface area is 148 Å². The molecule has 0 amide bonds. The predicted molar refractivity (Wildman–Crippen MR) is 87.6 cm³/mol. The molecule has 0 aromatic carbocycles. The number of alkyl halides is 3. The van der Waals surface area contributed by atoms with Gasteiger partial charge in [-0.05, 0) is 12.5 Å². The molecule has 0 saturated carbocycles. The van der Waals surface area contributed by atoms with Crippen LogP contribution >= 0.6 is 23.2 Å². The Kier molecular flexibility index (Phi) is 6.06. The molecule has 2 heterocycles. The summed E-state index contributed by atoms with van der Waals surface area (Å²) < 4.78 is 51.3. The molecule has 4 nitrogen and oxygen atoms in total. The maximum Gasteiger partial charge on any atom is 0.433 e. The smallest absolute Gasteiger partial charge is 0.433 e. The second kappa shape index (κ2) is 7.67. The third kappa shape index (κ3) is 4.81. The van der Waals surface area contributed by atoms with Crippen LogP contribution in [0.3, 0.4) is 0 Å². The molecule has 1 aromatic rings.